The van der Waals surface area contributed by atoms with Gasteiger partial charge in [-0.2, -0.15) is 0 Å². The van der Waals surface area contributed by atoms with E-state index in [0.29, 0.717) is 11.1 Å². The highest BCUT2D eigenvalue weighted by Crippen LogP contribution is 2.34. The summed E-state index contributed by atoms with van der Waals surface area (Å²) in [5.74, 6) is -0.182. The Labute approximate surface area is 128 Å². The van der Waals surface area contributed by atoms with Gasteiger partial charge in [0.2, 0.25) is 0 Å². The third-order valence-corrected chi connectivity index (χ3v) is 4.16. The van der Waals surface area contributed by atoms with Crippen LogP contribution in [-0.4, -0.2) is 16.9 Å². The molecule has 3 rings (SSSR count). The van der Waals surface area contributed by atoms with E-state index in [9.17, 15) is 14.9 Å². The highest BCUT2D eigenvalue weighted by atomic mass is 16.6. The lowest BCUT2D eigenvalue weighted by Crippen LogP contribution is -2.36. The summed E-state index contributed by atoms with van der Waals surface area (Å²) < 4.78 is 0. The molecule has 1 aliphatic rings. The van der Waals surface area contributed by atoms with Crippen LogP contribution in [0.5, 0.6) is 0 Å². The third kappa shape index (κ3) is 2.15. The van der Waals surface area contributed by atoms with Gasteiger partial charge < -0.3 is 4.90 Å². The van der Waals surface area contributed by atoms with E-state index in [1.165, 1.54) is 6.07 Å². The number of carbonyl (C=O) groups excluding carboxylic acids is 1. The number of para-hydroxylation sites is 1. The molecule has 0 radical (unpaired) electrons. The smallest absolute Gasteiger partial charge is 0.273 e. The second-order valence-electron chi connectivity index (χ2n) is 5.56. The fourth-order valence-electron chi connectivity index (χ4n) is 3.06. The van der Waals surface area contributed by atoms with Gasteiger partial charge in [-0.25, -0.2) is 0 Å². The lowest BCUT2D eigenvalue weighted by atomic mass is 10.1. The number of anilines is 1. The molecular weight excluding hydrogens is 280 g/mol. The molecule has 0 fully saturated rings. The Morgan fingerprint density at radius 3 is 2.68 bits per heavy atom. The predicted octanol–water partition coefficient (Wildman–Crippen LogP) is 3.49. The Morgan fingerprint density at radius 2 is 1.95 bits per heavy atom. The lowest BCUT2D eigenvalue weighted by molar-refractivity contribution is -0.385. The lowest BCUT2D eigenvalue weighted by Gasteiger charge is -2.23. The van der Waals surface area contributed by atoms with Gasteiger partial charge in [0.05, 0.1) is 4.92 Å². The summed E-state index contributed by atoms with van der Waals surface area (Å²) in [5.41, 5.74) is 2.80. The molecule has 0 aliphatic carbocycles. The minimum Gasteiger partial charge on any atom is -0.305 e. The molecular formula is C17H16N2O3. The van der Waals surface area contributed by atoms with Crippen molar-refractivity contribution in [3.63, 3.8) is 0 Å². The second kappa shape index (κ2) is 5.26. The van der Waals surface area contributed by atoms with Crippen molar-refractivity contribution in [2.24, 2.45) is 0 Å². The number of rotatable bonds is 2. The molecule has 1 atom stereocenters. The van der Waals surface area contributed by atoms with Crippen LogP contribution >= 0.6 is 0 Å². The highest BCUT2D eigenvalue weighted by Gasteiger charge is 2.32. The molecule has 5 nitrogen and oxygen atoms in total. The number of nitro groups is 1. The van der Waals surface area contributed by atoms with Crippen LogP contribution in [-0.2, 0) is 6.42 Å². The quantitative estimate of drug-likeness (QED) is 0.629. The molecule has 0 saturated heterocycles. The van der Waals surface area contributed by atoms with Gasteiger partial charge in [0.15, 0.2) is 0 Å². The Bertz CT molecular complexity index is 770. The monoisotopic (exact) mass is 296 g/mol. The average molecular weight is 296 g/mol. The Kier molecular flexibility index (Phi) is 3.41. The molecule has 5 heteroatoms. The normalized spacial score (nSPS) is 16.5. The SMILES string of the molecule is Cc1c(C(=O)N2c3ccccc3C[C@H]2C)cccc1[N+](=O)[O-]. The molecule has 1 amide bonds. The number of hydrogen-bond donors (Lipinski definition) is 0. The van der Waals surface area contributed by atoms with Crippen LogP contribution in [0.15, 0.2) is 42.5 Å². The summed E-state index contributed by atoms with van der Waals surface area (Å²) in [7, 11) is 0. The fraction of sp³-hybridized carbons (Fsp3) is 0.235. The first-order chi connectivity index (χ1) is 10.5. The van der Waals surface area contributed by atoms with Gasteiger partial charge >= 0.3 is 0 Å². The summed E-state index contributed by atoms with van der Waals surface area (Å²) in [6.45, 7) is 3.61. The van der Waals surface area contributed by atoms with Crippen molar-refractivity contribution in [1.82, 2.24) is 0 Å². The van der Waals surface area contributed by atoms with Gasteiger partial charge in [-0.3, -0.25) is 14.9 Å². The molecule has 0 aromatic heterocycles. The van der Waals surface area contributed by atoms with Crippen molar-refractivity contribution in [3.05, 3.63) is 69.3 Å². The van der Waals surface area contributed by atoms with Gasteiger partial charge in [0.1, 0.15) is 0 Å². The summed E-state index contributed by atoms with van der Waals surface area (Å²) in [6.07, 6.45) is 0.801. The zero-order valence-electron chi connectivity index (χ0n) is 12.4. The predicted molar refractivity (Wildman–Crippen MR) is 84.3 cm³/mol. The summed E-state index contributed by atoms with van der Waals surface area (Å²) in [5, 5.41) is 11.1. The number of fused-ring (bicyclic) bond motifs is 1. The van der Waals surface area contributed by atoms with Crippen molar-refractivity contribution in [1.29, 1.82) is 0 Å². The van der Waals surface area contributed by atoms with E-state index in [1.54, 1.807) is 24.0 Å². The number of amides is 1. The van der Waals surface area contributed by atoms with Crippen molar-refractivity contribution >= 4 is 17.3 Å². The second-order valence-corrected chi connectivity index (χ2v) is 5.56. The van der Waals surface area contributed by atoms with Gasteiger partial charge in [-0.15, -0.1) is 0 Å². The van der Waals surface area contributed by atoms with E-state index < -0.39 is 4.92 Å². The van der Waals surface area contributed by atoms with Crippen molar-refractivity contribution < 1.29 is 9.72 Å². The Balaban J connectivity index is 2.06. The molecule has 0 bridgehead atoms. The minimum atomic E-state index is -0.451. The third-order valence-electron chi connectivity index (χ3n) is 4.16. The topological polar surface area (TPSA) is 63.5 Å². The van der Waals surface area contributed by atoms with E-state index in [1.807, 2.05) is 31.2 Å². The Morgan fingerprint density at radius 1 is 1.23 bits per heavy atom. The summed E-state index contributed by atoms with van der Waals surface area (Å²) in [6, 6.07) is 12.5. The van der Waals surface area contributed by atoms with Crippen LogP contribution in [0.1, 0.15) is 28.4 Å². The highest BCUT2D eigenvalue weighted by molar-refractivity contribution is 6.09. The van der Waals surface area contributed by atoms with Crippen LogP contribution < -0.4 is 4.90 Å². The van der Waals surface area contributed by atoms with Gasteiger partial charge in [0, 0.05) is 28.9 Å². The molecule has 0 unspecified atom stereocenters. The van der Waals surface area contributed by atoms with Crippen molar-refractivity contribution in [2.45, 2.75) is 26.3 Å². The maximum atomic E-state index is 12.9. The van der Waals surface area contributed by atoms with Crippen LogP contribution in [0, 0.1) is 17.0 Å². The molecule has 1 heterocycles. The number of nitro benzene ring substituents is 1. The first kappa shape index (κ1) is 14.3. The van der Waals surface area contributed by atoms with Gasteiger partial charge in [-0.1, -0.05) is 24.3 Å². The molecule has 112 valence electrons. The van der Waals surface area contributed by atoms with Gasteiger partial charge in [0.25, 0.3) is 11.6 Å². The largest absolute Gasteiger partial charge is 0.305 e. The van der Waals surface area contributed by atoms with Crippen molar-refractivity contribution in [3.8, 4) is 0 Å². The first-order valence-electron chi connectivity index (χ1n) is 7.16. The van der Waals surface area contributed by atoms with Crippen LogP contribution in [0.2, 0.25) is 0 Å². The van der Waals surface area contributed by atoms with E-state index in [0.717, 1.165) is 17.7 Å². The zero-order chi connectivity index (χ0) is 15.9. The minimum absolute atomic E-state index is 0.0222. The molecule has 22 heavy (non-hydrogen) atoms. The van der Waals surface area contributed by atoms with E-state index in [-0.39, 0.29) is 17.6 Å². The number of hydrogen-bond acceptors (Lipinski definition) is 3. The summed E-state index contributed by atoms with van der Waals surface area (Å²) in [4.78, 5) is 25.3. The van der Waals surface area contributed by atoms with Crippen LogP contribution in [0.25, 0.3) is 0 Å². The fourth-order valence-corrected chi connectivity index (χ4v) is 3.06. The molecule has 0 N–H and O–H groups in total. The molecule has 0 spiro atoms. The average Bonchev–Trinajstić information content (AvgIpc) is 2.82. The number of carbonyl (C=O) groups is 1. The standard InChI is InChI=1S/C17H16N2O3/c1-11-10-13-6-3-4-8-16(13)18(11)17(20)14-7-5-9-15(12(14)2)19(21)22/h3-9,11H,10H2,1-2H3/t11-/m1/s1. The molecule has 0 saturated carbocycles. The van der Waals surface area contributed by atoms with E-state index in [4.69, 9.17) is 0 Å². The maximum absolute atomic E-state index is 12.9. The number of benzene rings is 2. The summed E-state index contributed by atoms with van der Waals surface area (Å²) >= 11 is 0. The van der Waals surface area contributed by atoms with Crippen molar-refractivity contribution in [2.75, 3.05) is 4.90 Å². The van der Waals surface area contributed by atoms with Crippen LogP contribution in [0.4, 0.5) is 11.4 Å². The van der Waals surface area contributed by atoms with Gasteiger partial charge in [-0.05, 0) is 38.0 Å². The van der Waals surface area contributed by atoms with Crippen LogP contribution in [0.3, 0.4) is 0 Å². The number of nitrogens with zero attached hydrogens (tertiary/aromatic N) is 2. The molecule has 2 aromatic rings. The molecule has 1 aliphatic heterocycles. The van der Waals surface area contributed by atoms with E-state index >= 15 is 0 Å². The van der Waals surface area contributed by atoms with E-state index in [2.05, 4.69) is 0 Å². The maximum Gasteiger partial charge on any atom is 0.273 e. The zero-order valence-corrected chi connectivity index (χ0v) is 12.4. The molecule has 2 aromatic carbocycles. The Hall–Kier alpha value is -2.69. The first-order valence-corrected chi connectivity index (χ1v) is 7.16.